The van der Waals surface area contributed by atoms with Crippen molar-refractivity contribution in [2.24, 2.45) is 0 Å². The van der Waals surface area contributed by atoms with Crippen molar-refractivity contribution in [3.05, 3.63) is 106 Å². The molecule has 0 spiro atoms. The van der Waals surface area contributed by atoms with E-state index in [2.05, 4.69) is 0 Å². The van der Waals surface area contributed by atoms with Crippen molar-refractivity contribution in [1.29, 1.82) is 0 Å². The molecule has 3 rings (SSSR count). The Balaban J connectivity index is 1.78. The van der Waals surface area contributed by atoms with Gasteiger partial charge in [0.15, 0.2) is 18.0 Å². The van der Waals surface area contributed by atoms with Crippen LogP contribution in [0.15, 0.2) is 78.9 Å². The second kappa shape index (κ2) is 12.6. The highest BCUT2D eigenvalue weighted by Gasteiger charge is 2.42. The number of ether oxygens (including phenoxy) is 3. The third-order valence-corrected chi connectivity index (χ3v) is 5.87. The minimum atomic E-state index is -1.78. The van der Waals surface area contributed by atoms with Crippen molar-refractivity contribution in [1.82, 2.24) is 0 Å². The van der Waals surface area contributed by atoms with Crippen LogP contribution in [0.3, 0.4) is 0 Å². The number of carbonyl (C=O) groups is 3. The van der Waals surface area contributed by atoms with Crippen LogP contribution in [0.25, 0.3) is 0 Å². The average molecular weight is 531 g/mol. The van der Waals surface area contributed by atoms with Gasteiger partial charge in [-0.1, -0.05) is 53.5 Å². The predicted octanol–water partition coefficient (Wildman–Crippen LogP) is 4.91. The summed E-state index contributed by atoms with van der Waals surface area (Å²) in [6.07, 6.45) is -2.69. The van der Waals surface area contributed by atoms with Crippen LogP contribution in [0.1, 0.15) is 33.2 Å². The molecule has 0 fully saturated rings. The molecule has 1 N–H and O–H groups in total. The molecule has 9 heteroatoms. The fraction of sp³-hybridized carbons (Fsp3) is 0.222. The number of halogens is 2. The second-order valence-corrected chi connectivity index (χ2v) is 8.95. The molecule has 0 saturated heterocycles. The Labute approximate surface area is 218 Å². The molecule has 188 valence electrons. The van der Waals surface area contributed by atoms with E-state index in [1.54, 1.807) is 24.3 Å². The van der Waals surface area contributed by atoms with E-state index in [1.165, 1.54) is 55.5 Å². The van der Waals surface area contributed by atoms with Gasteiger partial charge in [0.1, 0.15) is 12.7 Å². The van der Waals surface area contributed by atoms with Crippen LogP contribution in [-0.4, -0.2) is 47.7 Å². The normalized spacial score (nSPS) is 14.2. The van der Waals surface area contributed by atoms with E-state index in [4.69, 9.17) is 37.4 Å². The van der Waals surface area contributed by atoms with E-state index >= 15 is 0 Å². The van der Waals surface area contributed by atoms with E-state index in [-0.39, 0.29) is 17.7 Å². The van der Waals surface area contributed by atoms with Crippen molar-refractivity contribution in [3.63, 3.8) is 0 Å². The van der Waals surface area contributed by atoms with Gasteiger partial charge >= 0.3 is 11.9 Å². The summed E-state index contributed by atoms with van der Waals surface area (Å²) < 4.78 is 16.5. The van der Waals surface area contributed by atoms with Crippen LogP contribution in [0.4, 0.5) is 0 Å². The highest BCUT2D eigenvalue weighted by Crippen LogP contribution is 2.23. The lowest BCUT2D eigenvalue weighted by molar-refractivity contribution is -0.169. The molecule has 3 aromatic rings. The summed E-state index contributed by atoms with van der Waals surface area (Å²) in [6.45, 7) is 0.827. The molecule has 3 atom stereocenters. The van der Waals surface area contributed by atoms with Crippen LogP contribution in [0.2, 0.25) is 10.0 Å². The molecule has 0 aliphatic heterocycles. The lowest BCUT2D eigenvalue weighted by Gasteiger charge is -2.34. The van der Waals surface area contributed by atoms with E-state index < -0.39 is 36.4 Å². The lowest BCUT2D eigenvalue weighted by atomic mass is 9.95. The minimum absolute atomic E-state index is 0.00948. The van der Waals surface area contributed by atoms with Crippen molar-refractivity contribution in [3.8, 4) is 0 Å². The molecule has 0 aromatic heterocycles. The number of esters is 2. The SMILES string of the molecule is C[C@@](C=O)(OCc1ccccc1)[C@H](O)[C@@H](COC(=O)c1ccc(Cl)cc1)OC(=O)c1ccc(Cl)cc1. The first kappa shape index (κ1) is 27.4. The molecular weight excluding hydrogens is 507 g/mol. The second-order valence-electron chi connectivity index (χ2n) is 8.08. The largest absolute Gasteiger partial charge is 0.458 e. The van der Waals surface area contributed by atoms with E-state index in [0.29, 0.717) is 16.3 Å². The summed E-state index contributed by atoms with van der Waals surface area (Å²) in [5.41, 5.74) is -0.663. The Morgan fingerprint density at radius 3 is 1.94 bits per heavy atom. The highest BCUT2D eigenvalue weighted by atomic mass is 35.5. The minimum Gasteiger partial charge on any atom is -0.458 e. The summed E-state index contributed by atoms with van der Waals surface area (Å²) in [5.74, 6) is -1.54. The maximum absolute atomic E-state index is 12.8. The van der Waals surface area contributed by atoms with Gasteiger partial charge < -0.3 is 24.1 Å². The Hall–Kier alpha value is -3.23. The zero-order valence-corrected chi connectivity index (χ0v) is 20.8. The van der Waals surface area contributed by atoms with Gasteiger partial charge in [0.05, 0.1) is 17.7 Å². The zero-order valence-electron chi connectivity index (χ0n) is 19.3. The number of aliphatic hydroxyl groups excluding tert-OH is 1. The molecule has 36 heavy (non-hydrogen) atoms. The molecule has 0 aliphatic carbocycles. The summed E-state index contributed by atoms with van der Waals surface area (Å²) >= 11 is 11.7. The van der Waals surface area contributed by atoms with Gasteiger partial charge in [-0.2, -0.15) is 0 Å². The highest BCUT2D eigenvalue weighted by molar-refractivity contribution is 6.31. The van der Waals surface area contributed by atoms with Gasteiger partial charge in [-0.25, -0.2) is 9.59 Å². The van der Waals surface area contributed by atoms with Gasteiger partial charge in [0.25, 0.3) is 0 Å². The lowest BCUT2D eigenvalue weighted by Crippen LogP contribution is -2.53. The summed E-state index contributed by atoms with van der Waals surface area (Å²) in [7, 11) is 0. The first-order valence-corrected chi connectivity index (χ1v) is 11.7. The average Bonchev–Trinajstić information content (AvgIpc) is 2.90. The Kier molecular flexibility index (Phi) is 9.61. The number of hydrogen-bond acceptors (Lipinski definition) is 7. The number of rotatable bonds is 11. The van der Waals surface area contributed by atoms with Crippen LogP contribution in [0.5, 0.6) is 0 Å². The monoisotopic (exact) mass is 530 g/mol. The molecule has 3 aromatic carbocycles. The number of benzene rings is 3. The third kappa shape index (κ3) is 7.38. The van der Waals surface area contributed by atoms with Gasteiger partial charge in [-0.15, -0.1) is 0 Å². The molecule has 0 bridgehead atoms. The zero-order chi connectivity index (χ0) is 26.1. The molecule has 0 amide bonds. The number of aliphatic hydroxyl groups is 1. The van der Waals surface area contributed by atoms with Gasteiger partial charge in [0, 0.05) is 10.0 Å². The summed E-state index contributed by atoms with van der Waals surface area (Å²) in [5, 5.41) is 12.0. The van der Waals surface area contributed by atoms with Gasteiger partial charge in [-0.05, 0) is 61.0 Å². The maximum Gasteiger partial charge on any atom is 0.338 e. The Morgan fingerprint density at radius 2 is 1.42 bits per heavy atom. The van der Waals surface area contributed by atoms with Gasteiger partial charge in [-0.3, -0.25) is 0 Å². The molecule has 0 radical (unpaired) electrons. The fourth-order valence-corrected chi connectivity index (χ4v) is 3.43. The Morgan fingerprint density at radius 1 is 0.889 bits per heavy atom. The van der Waals surface area contributed by atoms with Crippen molar-refractivity contribution < 1.29 is 33.7 Å². The third-order valence-electron chi connectivity index (χ3n) is 5.36. The summed E-state index contributed by atoms with van der Waals surface area (Å²) in [4.78, 5) is 37.3. The van der Waals surface area contributed by atoms with E-state index in [0.717, 1.165) is 5.56 Å². The number of hydrogen-bond donors (Lipinski definition) is 1. The first-order chi connectivity index (χ1) is 17.2. The number of aldehydes is 1. The number of carbonyl (C=O) groups excluding carboxylic acids is 3. The van der Waals surface area contributed by atoms with Crippen LogP contribution in [0, 0.1) is 0 Å². The topological polar surface area (TPSA) is 99.1 Å². The van der Waals surface area contributed by atoms with E-state index in [9.17, 15) is 19.5 Å². The molecule has 7 nitrogen and oxygen atoms in total. The quantitative estimate of drug-likeness (QED) is 0.277. The van der Waals surface area contributed by atoms with Crippen LogP contribution >= 0.6 is 23.2 Å². The van der Waals surface area contributed by atoms with Crippen molar-refractivity contribution >= 4 is 41.4 Å². The molecule has 0 aliphatic rings. The fourth-order valence-electron chi connectivity index (χ4n) is 3.18. The summed E-state index contributed by atoms with van der Waals surface area (Å²) in [6, 6.07) is 20.9. The standard InChI is InChI=1S/C27H24Cl2O7/c1-27(17-30,35-15-18-5-3-2-4-6-18)24(31)23(36-26(33)20-9-13-22(29)14-10-20)16-34-25(32)19-7-11-21(28)12-8-19/h2-14,17,23-24,31H,15-16H2,1H3/t23-,24-,27+/m1/s1. The Bertz CT molecular complexity index is 1170. The van der Waals surface area contributed by atoms with Gasteiger partial charge in [0.2, 0.25) is 0 Å². The van der Waals surface area contributed by atoms with Crippen LogP contribution in [-0.2, 0) is 25.6 Å². The van der Waals surface area contributed by atoms with Crippen molar-refractivity contribution in [2.75, 3.05) is 6.61 Å². The maximum atomic E-state index is 12.8. The van der Waals surface area contributed by atoms with E-state index in [1.807, 2.05) is 6.07 Å². The molecular formula is C27H24Cl2O7. The molecule has 0 unspecified atom stereocenters. The van der Waals surface area contributed by atoms with Crippen LogP contribution < -0.4 is 0 Å². The first-order valence-electron chi connectivity index (χ1n) is 10.9. The van der Waals surface area contributed by atoms with Crippen molar-refractivity contribution in [2.45, 2.75) is 31.3 Å². The predicted molar refractivity (Wildman–Crippen MR) is 134 cm³/mol. The smallest absolute Gasteiger partial charge is 0.338 e. The molecule has 0 saturated carbocycles. The molecule has 0 heterocycles.